The highest BCUT2D eigenvalue weighted by molar-refractivity contribution is 5.71. The fraction of sp³-hybridized carbons (Fsp3) is 0.895. The summed E-state index contributed by atoms with van der Waals surface area (Å²) in [7, 11) is 3.52. The minimum Gasteiger partial charge on any atom is -0.444 e. The molecule has 0 fully saturated rings. The van der Waals surface area contributed by atoms with E-state index in [1.54, 1.807) is 60.5 Å². The highest BCUT2D eigenvalue weighted by Crippen LogP contribution is 2.10. The first-order chi connectivity index (χ1) is 12.8. The van der Waals surface area contributed by atoms with Gasteiger partial charge in [0, 0.05) is 13.6 Å². The minimum absolute atomic E-state index is 0.0288. The van der Waals surface area contributed by atoms with Gasteiger partial charge in [0.05, 0.1) is 6.10 Å². The van der Waals surface area contributed by atoms with Crippen molar-refractivity contribution in [1.29, 1.82) is 0 Å². The van der Waals surface area contributed by atoms with Crippen LogP contribution in [0.15, 0.2) is 0 Å². The molecule has 0 aliphatic rings. The van der Waals surface area contributed by atoms with E-state index in [2.05, 4.69) is 23.0 Å². The molecule has 9 heteroatoms. The van der Waals surface area contributed by atoms with Crippen LogP contribution in [-0.4, -0.2) is 61.3 Å². The van der Waals surface area contributed by atoms with Gasteiger partial charge in [-0.15, -0.1) is 0 Å². The Morgan fingerprint density at radius 2 is 1.39 bits per heavy atom. The lowest BCUT2D eigenvalue weighted by Crippen LogP contribution is -2.58. The zero-order valence-electron chi connectivity index (χ0n) is 19.0. The molecule has 166 valence electrons. The van der Waals surface area contributed by atoms with Crippen molar-refractivity contribution in [3.63, 3.8) is 0 Å². The molecule has 0 aromatic rings. The summed E-state index contributed by atoms with van der Waals surface area (Å²) in [5.74, 6) is 0. The highest BCUT2D eigenvalue weighted by atomic mass is 16.7. The van der Waals surface area contributed by atoms with Gasteiger partial charge in [-0.2, -0.15) is 0 Å². The minimum atomic E-state index is -0.790. The number of hydrogen-bond donors (Lipinski definition) is 3. The van der Waals surface area contributed by atoms with E-state index in [0.717, 1.165) is 12.8 Å². The van der Waals surface area contributed by atoms with Gasteiger partial charge in [0.25, 0.3) is 0 Å². The molecule has 0 aromatic heterocycles. The SMILES string of the molecule is CCCC(CCN(C)C(NC(=O)OC(C)(C)C)NC(=O)OC(C)(C)C)ONC. The largest absolute Gasteiger partial charge is 0.444 e. The van der Waals surface area contributed by atoms with E-state index in [9.17, 15) is 9.59 Å². The van der Waals surface area contributed by atoms with E-state index in [0.29, 0.717) is 13.0 Å². The number of carbonyl (C=O) groups excluding carboxylic acids is 2. The van der Waals surface area contributed by atoms with Crippen molar-refractivity contribution in [3.8, 4) is 0 Å². The molecule has 0 saturated heterocycles. The zero-order chi connectivity index (χ0) is 22.0. The molecule has 2 amide bonds. The quantitative estimate of drug-likeness (QED) is 0.380. The van der Waals surface area contributed by atoms with Gasteiger partial charge in [0.2, 0.25) is 0 Å². The molecular formula is C19H40N4O5. The van der Waals surface area contributed by atoms with Crippen LogP contribution in [0.5, 0.6) is 0 Å². The third-order valence-corrected chi connectivity index (χ3v) is 3.45. The second-order valence-corrected chi connectivity index (χ2v) is 8.70. The van der Waals surface area contributed by atoms with Gasteiger partial charge in [0.15, 0.2) is 6.29 Å². The smallest absolute Gasteiger partial charge is 0.410 e. The lowest BCUT2D eigenvalue weighted by Gasteiger charge is -2.32. The van der Waals surface area contributed by atoms with Gasteiger partial charge in [-0.1, -0.05) is 13.3 Å². The Hall–Kier alpha value is -1.58. The van der Waals surface area contributed by atoms with E-state index in [-0.39, 0.29) is 6.10 Å². The fourth-order valence-electron chi connectivity index (χ4n) is 2.32. The molecule has 0 radical (unpaired) electrons. The molecule has 0 heterocycles. The van der Waals surface area contributed by atoms with E-state index in [1.165, 1.54) is 0 Å². The average Bonchev–Trinajstić information content (AvgIpc) is 2.48. The van der Waals surface area contributed by atoms with Gasteiger partial charge in [0.1, 0.15) is 11.2 Å². The summed E-state index contributed by atoms with van der Waals surface area (Å²) < 4.78 is 10.6. The molecule has 0 aliphatic carbocycles. The molecule has 0 rings (SSSR count). The van der Waals surface area contributed by atoms with E-state index in [1.807, 2.05) is 0 Å². The predicted octanol–water partition coefficient (Wildman–Crippen LogP) is 2.96. The van der Waals surface area contributed by atoms with Crippen LogP contribution in [0.3, 0.4) is 0 Å². The number of nitrogens with zero attached hydrogens (tertiary/aromatic N) is 1. The van der Waals surface area contributed by atoms with Crippen LogP contribution in [0.2, 0.25) is 0 Å². The number of nitrogens with one attached hydrogen (secondary N) is 3. The average molecular weight is 405 g/mol. The highest BCUT2D eigenvalue weighted by Gasteiger charge is 2.26. The van der Waals surface area contributed by atoms with Gasteiger partial charge < -0.3 is 9.47 Å². The molecule has 28 heavy (non-hydrogen) atoms. The fourth-order valence-corrected chi connectivity index (χ4v) is 2.32. The summed E-state index contributed by atoms with van der Waals surface area (Å²) in [4.78, 5) is 31.7. The molecule has 0 saturated carbocycles. The lowest BCUT2D eigenvalue weighted by molar-refractivity contribution is -0.0275. The predicted molar refractivity (Wildman–Crippen MR) is 109 cm³/mol. The van der Waals surface area contributed by atoms with E-state index in [4.69, 9.17) is 14.3 Å². The van der Waals surface area contributed by atoms with Crippen LogP contribution in [0, 0.1) is 0 Å². The Morgan fingerprint density at radius 1 is 0.929 bits per heavy atom. The van der Waals surface area contributed by atoms with Gasteiger partial charge in [-0.25, -0.2) is 15.1 Å². The molecule has 9 nitrogen and oxygen atoms in total. The Balaban J connectivity index is 5.02. The van der Waals surface area contributed by atoms with Crippen molar-refractivity contribution < 1.29 is 23.9 Å². The van der Waals surface area contributed by atoms with Crippen molar-refractivity contribution in [3.05, 3.63) is 0 Å². The number of amides is 2. The van der Waals surface area contributed by atoms with Crippen LogP contribution in [0.25, 0.3) is 0 Å². The second kappa shape index (κ2) is 12.1. The van der Waals surface area contributed by atoms with Crippen LogP contribution in [-0.2, 0) is 14.3 Å². The molecule has 0 bridgehead atoms. The van der Waals surface area contributed by atoms with E-state index < -0.39 is 29.7 Å². The summed E-state index contributed by atoms with van der Waals surface area (Å²) in [6, 6.07) is 0. The lowest BCUT2D eigenvalue weighted by atomic mass is 10.1. The Morgan fingerprint density at radius 3 is 1.75 bits per heavy atom. The van der Waals surface area contributed by atoms with Crippen molar-refractivity contribution in [2.75, 3.05) is 20.6 Å². The molecule has 1 atom stereocenters. The van der Waals surface area contributed by atoms with Gasteiger partial charge in [-0.05, 0) is 61.4 Å². The first-order valence-corrected chi connectivity index (χ1v) is 9.79. The molecule has 3 N–H and O–H groups in total. The Bertz CT molecular complexity index is 438. The van der Waals surface area contributed by atoms with Crippen molar-refractivity contribution in [2.45, 2.75) is 91.3 Å². The molecular weight excluding hydrogens is 364 g/mol. The molecule has 1 unspecified atom stereocenters. The normalized spacial score (nSPS) is 13.4. The number of hydroxylamine groups is 1. The summed E-state index contributed by atoms with van der Waals surface area (Å²) in [5, 5.41) is 5.35. The van der Waals surface area contributed by atoms with Gasteiger partial charge in [-0.3, -0.25) is 20.4 Å². The van der Waals surface area contributed by atoms with Crippen LogP contribution in [0.1, 0.15) is 67.7 Å². The number of carbonyl (C=O) groups is 2. The maximum absolute atomic E-state index is 12.2. The summed E-state index contributed by atoms with van der Waals surface area (Å²) in [5.41, 5.74) is 1.43. The Kier molecular flexibility index (Phi) is 11.4. The summed E-state index contributed by atoms with van der Waals surface area (Å²) in [6.45, 7) is 13.3. The maximum Gasteiger partial charge on any atom is 0.410 e. The molecule has 0 spiro atoms. The first-order valence-electron chi connectivity index (χ1n) is 9.79. The standard InChI is InChI=1S/C19H40N4O5/c1-10-11-14(28-20-8)12-13-23(9)15(21-16(24)26-18(2,3)4)22-17(25)27-19(5,6)7/h14-15,20H,10-13H2,1-9H3,(H,21,24)(H,22,25). The Labute approximate surface area is 169 Å². The second-order valence-electron chi connectivity index (χ2n) is 8.70. The molecule has 0 aliphatic heterocycles. The number of alkyl carbamates (subject to hydrolysis) is 2. The zero-order valence-corrected chi connectivity index (χ0v) is 19.0. The summed E-state index contributed by atoms with van der Waals surface area (Å²) in [6.07, 6.45) is 0.592. The van der Waals surface area contributed by atoms with Crippen LogP contribution >= 0.6 is 0 Å². The van der Waals surface area contributed by atoms with Crippen molar-refractivity contribution in [2.24, 2.45) is 0 Å². The topological polar surface area (TPSA) is 101 Å². The van der Waals surface area contributed by atoms with Crippen molar-refractivity contribution in [1.82, 2.24) is 21.0 Å². The van der Waals surface area contributed by atoms with Crippen LogP contribution < -0.4 is 16.1 Å². The third-order valence-electron chi connectivity index (χ3n) is 3.45. The first kappa shape index (κ1) is 26.4. The molecule has 0 aromatic carbocycles. The van der Waals surface area contributed by atoms with Crippen LogP contribution in [0.4, 0.5) is 9.59 Å². The number of ether oxygens (including phenoxy) is 2. The van der Waals surface area contributed by atoms with E-state index >= 15 is 0 Å². The summed E-state index contributed by atoms with van der Waals surface area (Å²) >= 11 is 0. The number of rotatable bonds is 10. The maximum atomic E-state index is 12.2. The number of hydrogen-bond acceptors (Lipinski definition) is 7. The van der Waals surface area contributed by atoms with Crippen molar-refractivity contribution >= 4 is 12.2 Å². The monoisotopic (exact) mass is 404 g/mol. The third kappa shape index (κ3) is 13.6. The van der Waals surface area contributed by atoms with Gasteiger partial charge >= 0.3 is 12.2 Å².